The lowest BCUT2D eigenvalue weighted by Gasteiger charge is -2.24. The summed E-state index contributed by atoms with van der Waals surface area (Å²) in [7, 11) is 0. The van der Waals surface area contributed by atoms with Crippen LogP contribution >= 0.6 is 0 Å². The van der Waals surface area contributed by atoms with Crippen LogP contribution in [0.25, 0.3) is 0 Å². The highest BCUT2D eigenvalue weighted by Crippen LogP contribution is 2.29. The minimum Gasteiger partial charge on any atom is -0.508 e. The quantitative estimate of drug-likeness (QED) is 0.817. The van der Waals surface area contributed by atoms with E-state index in [1.54, 1.807) is 6.07 Å². The Bertz CT molecular complexity index is 412. The van der Waals surface area contributed by atoms with Gasteiger partial charge in [-0.1, -0.05) is 6.07 Å². The third kappa shape index (κ3) is 3.22. The highest BCUT2D eigenvalue weighted by Gasteiger charge is 2.18. The number of carbonyl (C=O) groups is 1. The molecule has 0 spiro atoms. The summed E-state index contributed by atoms with van der Waals surface area (Å²) in [6.07, 6.45) is 4.07. The zero-order valence-electron chi connectivity index (χ0n) is 10.1. The van der Waals surface area contributed by atoms with Gasteiger partial charge >= 0.3 is 5.97 Å². The summed E-state index contributed by atoms with van der Waals surface area (Å²) < 4.78 is 4.97. The third-order valence-corrected chi connectivity index (χ3v) is 3.35. The molecule has 0 saturated carbocycles. The molecule has 0 heterocycles. The van der Waals surface area contributed by atoms with Crippen molar-refractivity contribution in [3.63, 3.8) is 0 Å². The Labute approximate surface area is 101 Å². The Kier molecular flexibility index (Phi) is 3.67. The summed E-state index contributed by atoms with van der Waals surface area (Å²) in [4.78, 5) is 10.7. The maximum atomic E-state index is 10.7. The summed E-state index contributed by atoms with van der Waals surface area (Å²) in [6, 6.07) is 5.60. The van der Waals surface area contributed by atoms with Crippen molar-refractivity contribution in [3.05, 3.63) is 29.3 Å². The molecule has 1 atom stereocenters. The van der Waals surface area contributed by atoms with Gasteiger partial charge < -0.3 is 9.84 Å². The number of carbonyl (C=O) groups excluding carboxylic acids is 1. The molecule has 1 unspecified atom stereocenters. The van der Waals surface area contributed by atoms with E-state index in [0.717, 1.165) is 25.7 Å². The van der Waals surface area contributed by atoms with Gasteiger partial charge in [0, 0.05) is 6.92 Å². The average Bonchev–Trinajstić information content (AvgIpc) is 2.29. The molecule has 1 aliphatic rings. The van der Waals surface area contributed by atoms with Crippen molar-refractivity contribution in [1.82, 2.24) is 0 Å². The van der Waals surface area contributed by atoms with Crippen molar-refractivity contribution in [2.45, 2.75) is 32.6 Å². The number of phenolic OH excluding ortho intramolecular Hbond substituents is 1. The zero-order chi connectivity index (χ0) is 12.3. The number of esters is 1. The molecule has 0 fully saturated rings. The lowest BCUT2D eigenvalue weighted by molar-refractivity contribution is -0.141. The van der Waals surface area contributed by atoms with Crippen molar-refractivity contribution in [2.24, 2.45) is 5.92 Å². The van der Waals surface area contributed by atoms with Crippen LogP contribution in [-0.2, 0) is 22.4 Å². The number of aromatic hydroxyl groups is 1. The van der Waals surface area contributed by atoms with Gasteiger partial charge in [-0.05, 0) is 54.9 Å². The van der Waals surface area contributed by atoms with Crippen LogP contribution in [0.1, 0.15) is 30.9 Å². The fraction of sp³-hybridized carbons (Fsp3) is 0.500. The van der Waals surface area contributed by atoms with Gasteiger partial charge in [0.1, 0.15) is 5.75 Å². The van der Waals surface area contributed by atoms with E-state index in [-0.39, 0.29) is 5.97 Å². The number of benzene rings is 1. The van der Waals surface area contributed by atoms with Crippen LogP contribution in [0, 0.1) is 5.92 Å². The zero-order valence-corrected chi connectivity index (χ0v) is 10.1. The number of phenols is 1. The Hall–Kier alpha value is -1.51. The molecule has 17 heavy (non-hydrogen) atoms. The van der Waals surface area contributed by atoms with Gasteiger partial charge in [0.2, 0.25) is 0 Å². The number of hydrogen-bond acceptors (Lipinski definition) is 3. The summed E-state index contributed by atoms with van der Waals surface area (Å²) in [6.45, 7) is 1.96. The summed E-state index contributed by atoms with van der Waals surface area (Å²) in [5.74, 6) is 0.736. The summed E-state index contributed by atoms with van der Waals surface area (Å²) in [5.41, 5.74) is 2.58. The molecule has 0 amide bonds. The number of rotatable bonds is 3. The summed E-state index contributed by atoms with van der Waals surface area (Å²) >= 11 is 0. The van der Waals surface area contributed by atoms with E-state index in [9.17, 15) is 9.90 Å². The normalized spacial score (nSPS) is 18.5. The fourth-order valence-corrected chi connectivity index (χ4v) is 2.43. The molecule has 0 saturated heterocycles. The minimum absolute atomic E-state index is 0.203. The van der Waals surface area contributed by atoms with Crippen LogP contribution in [0.3, 0.4) is 0 Å². The molecule has 0 aliphatic heterocycles. The maximum absolute atomic E-state index is 10.7. The van der Waals surface area contributed by atoms with Gasteiger partial charge in [-0.3, -0.25) is 4.79 Å². The molecule has 1 aliphatic carbocycles. The second-order valence-corrected chi connectivity index (χ2v) is 4.69. The van der Waals surface area contributed by atoms with Gasteiger partial charge in [0.25, 0.3) is 0 Å². The van der Waals surface area contributed by atoms with E-state index in [4.69, 9.17) is 4.74 Å². The largest absolute Gasteiger partial charge is 0.508 e. The molecule has 1 aromatic rings. The third-order valence-electron chi connectivity index (χ3n) is 3.35. The molecule has 0 aromatic heterocycles. The van der Waals surface area contributed by atoms with E-state index in [0.29, 0.717) is 18.3 Å². The van der Waals surface area contributed by atoms with Crippen molar-refractivity contribution < 1.29 is 14.6 Å². The molecular formula is C14H18O3. The molecular weight excluding hydrogens is 216 g/mol. The Morgan fingerprint density at radius 2 is 2.29 bits per heavy atom. The van der Waals surface area contributed by atoms with Crippen molar-refractivity contribution in [3.8, 4) is 5.75 Å². The van der Waals surface area contributed by atoms with Crippen LogP contribution in [0.4, 0.5) is 0 Å². The van der Waals surface area contributed by atoms with Crippen LogP contribution < -0.4 is 0 Å². The molecule has 1 N–H and O–H groups in total. The number of fused-ring (bicyclic) bond motifs is 1. The smallest absolute Gasteiger partial charge is 0.302 e. The number of aryl methyl sites for hydroxylation is 1. The Morgan fingerprint density at radius 1 is 1.47 bits per heavy atom. The van der Waals surface area contributed by atoms with Crippen molar-refractivity contribution in [2.75, 3.05) is 6.61 Å². The standard InChI is InChI=1S/C14H18O3/c1-10(15)17-7-6-11-2-3-13-9-14(16)5-4-12(13)8-11/h4-5,9,11,16H,2-3,6-8H2,1H3. The monoisotopic (exact) mass is 234 g/mol. The fourth-order valence-electron chi connectivity index (χ4n) is 2.43. The average molecular weight is 234 g/mol. The van der Waals surface area contributed by atoms with E-state index >= 15 is 0 Å². The maximum Gasteiger partial charge on any atom is 0.302 e. The highest BCUT2D eigenvalue weighted by molar-refractivity contribution is 5.65. The van der Waals surface area contributed by atoms with E-state index in [1.807, 2.05) is 12.1 Å². The van der Waals surface area contributed by atoms with Crippen LogP contribution in [0.2, 0.25) is 0 Å². The molecule has 3 nitrogen and oxygen atoms in total. The number of ether oxygens (including phenoxy) is 1. The second kappa shape index (κ2) is 5.21. The second-order valence-electron chi connectivity index (χ2n) is 4.69. The Morgan fingerprint density at radius 3 is 3.06 bits per heavy atom. The summed E-state index contributed by atoms with van der Waals surface area (Å²) in [5, 5.41) is 9.40. The molecule has 2 rings (SSSR count). The highest BCUT2D eigenvalue weighted by atomic mass is 16.5. The molecule has 0 radical (unpaired) electrons. The van der Waals surface area contributed by atoms with Gasteiger partial charge in [-0.25, -0.2) is 0 Å². The van der Waals surface area contributed by atoms with E-state index in [2.05, 4.69) is 0 Å². The van der Waals surface area contributed by atoms with Crippen molar-refractivity contribution in [1.29, 1.82) is 0 Å². The molecule has 0 bridgehead atoms. The van der Waals surface area contributed by atoms with Crippen LogP contribution in [0.5, 0.6) is 5.75 Å². The first-order chi connectivity index (χ1) is 8.15. The lowest BCUT2D eigenvalue weighted by atomic mass is 9.82. The van der Waals surface area contributed by atoms with Gasteiger partial charge in [-0.2, -0.15) is 0 Å². The molecule has 92 valence electrons. The van der Waals surface area contributed by atoms with E-state index < -0.39 is 0 Å². The predicted molar refractivity (Wildman–Crippen MR) is 64.9 cm³/mol. The van der Waals surface area contributed by atoms with E-state index in [1.165, 1.54) is 18.1 Å². The number of hydrogen-bond donors (Lipinski definition) is 1. The minimum atomic E-state index is -0.203. The molecule has 1 aromatic carbocycles. The van der Waals surface area contributed by atoms with Crippen molar-refractivity contribution >= 4 is 5.97 Å². The van der Waals surface area contributed by atoms with Gasteiger partial charge in [0.05, 0.1) is 6.61 Å². The first-order valence-corrected chi connectivity index (χ1v) is 6.09. The van der Waals surface area contributed by atoms with Crippen LogP contribution in [-0.4, -0.2) is 17.7 Å². The Balaban J connectivity index is 1.90. The van der Waals surface area contributed by atoms with Gasteiger partial charge in [0.15, 0.2) is 0 Å². The lowest BCUT2D eigenvalue weighted by Crippen LogP contribution is -2.16. The van der Waals surface area contributed by atoms with Crippen LogP contribution in [0.15, 0.2) is 18.2 Å². The SMILES string of the molecule is CC(=O)OCCC1CCc2cc(O)ccc2C1. The molecule has 3 heteroatoms. The predicted octanol–water partition coefficient (Wildman–Crippen LogP) is 2.45. The first-order valence-electron chi connectivity index (χ1n) is 6.09. The van der Waals surface area contributed by atoms with Gasteiger partial charge in [-0.15, -0.1) is 0 Å². The first kappa shape index (κ1) is 12.0. The topological polar surface area (TPSA) is 46.5 Å².